The van der Waals surface area contributed by atoms with Crippen molar-refractivity contribution < 1.29 is 0 Å². The lowest BCUT2D eigenvalue weighted by Gasteiger charge is -2.22. The van der Waals surface area contributed by atoms with Crippen LogP contribution in [0.5, 0.6) is 0 Å². The van der Waals surface area contributed by atoms with E-state index in [1.165, 1.54) is 51.4 Å². The number of hydrogen-bond donors (Lipinski definition) is 0. The molecule has 0 radical (unpaired) electrons. The number of aryl methyl sites for hydroxylation is 1. The molecule has 0 fully saturated rings. The number of rotatable bonds is 9. The third-order valence-electron chi connectivity index (χ3n) is 4.04. The third kappa shape index (κ3) is 4.67. The summed E-state index contributed by atoms with van der Waals surface area (Å²) in [4.78, 5) is 0. The SMILES string of the molecule is CCCc1cccc(C(CCC)CCC)c1CCC. The Kier molecular flexibility index (Phi) is 7.86. The van der Waals surface area contributed by atoms with Gasteiger partial charge in [-0.1, -0.05) is 71.6 Å². The van der Waals surface area contributed by atoms with Gasteiger partial charge in [0.25, 0.3) is 0 Å². The Bertz CT molecular complexity index is 345. The van der Waals surface area contributed by atoms with Gasteiger partial charge in [0.15, 0.2) is 0 Å². The normalized spacial score (nSPS) is 11.2. The van der Waals surface area contributed by atoms with Gasteiger partial charge in [0.1, 0.15) is 0 Å². The zero-order chi connectivity index (χ0) is 14.1. The second-order valence-electron chi connectivity index (χ2n) is 5.76. The van der Waals surface area contributed by atoms with Crippen LogP contribution in [0, 0.1) is 0 Å². The molecule has 19 heavy (non-hydrogen) atoms. The molecule has 0 aliphatic heterocycles. The first-order chi connectivity index (χ1) is 9.28. The van der Waals surface area contributed by atoms with Gasteiger partial charge < -0.3 is 0 Å². The van der Waals surface area contributed by atoms with Crippen molar-refractivity contribution in [3.8, 4) is 0 Å². The molecule has 0 aromatic heterocycles. The van der Waals surface area contributed by atoms with Crippen molar-refractivity contribution in [3.05, 3.63) is 34.9 Å². The van der Waals surface area contributed by atoms with E-state index in [0.29, 0.717) is 0 Å². The van der Waals surface area contributed by atoms with Crippen LogP contribution < -0.4 is 0 Å². The maximum Gasteiger partial charge on any atom is -0.0159 e. The highest BCUT2D eigenvalue weighted by Gasteiger charge is 2.15. The molecule has 1 aromatic rings. The Balaban J connectivity index is 3.10. The zero-order valence-corrected chi connectivity index (χ0v) is 13.5. The summed E-state index contributed by atoms with van der Waals surface area (Å²) in [5.74, 6) is 0.786. The molecule has 1 aromatic carbocycles. The Morgan fingerprint density at radius 2 is 1.42 bits per heavy atom. The van der Waals surface area contributed by atoms with Crippen LogP contribution in [-0.2, 0) is 12.8 Å². The average Bonchev–Trinajstić information content (AvgIpc) is 2.41. The van der Waals surface area contributed by atoms with E-state index in [0.717, 1.165) is 5.92 Å². The van der Waals surface area contributed by atoms with Crippen molar-refractivity contribution in [2.45, 2.75) is 85.0 Å². The summed E-state index contributed by atoms with van der Waals surface area (Å²) in [5, 5.41) is 0. The largest absolute Gasteiger partial charge is 0.0654 e. The maximum absolute atomic E-state index is 2.40. The summed E-state index contributed by atoms with van der Waals surface area (Å²) in [7, 11) is 0. The molecule has 0 atom stereocenters. The van der Waals surface area contributed by atoms with Crippen molar-refractivity contribution in [1.29, 1.82) is 0 Å². The molecule has 0 bridgehead atoms. The molecule has 0 unspecified atom stereocenters. The third-order valence-corrected chi connectivity index (χ3v) is 4.04. The van der Waals surface area contributed by atoms with Crippen molar-refractivity contribution in [3.63, 3.8) is 0 Å². The highest BCUT2D eigenvalue weighted by Crippen LogP contribution is 2.32. The summed E-state index contributed by atoms with van der Waals surface area (Å²) >= 11 is 0. The molecule has 0 saturated carbocycles. The Labute approximate surface area is 120 Å². The lowest BCUT2D eigenvalue weighted by Crippen LogP contribution is -2.06. The quantitative estimate of drug-likeness (QED) is 0.490. The molecule has 0 heteroatoms. The smallest absolute Gasteiger partial charge is 0.0159 e. The van der Waals surface area contributed by atoms with E-state index >= 15 is 0 Å². The molecule has 0 nitrogen and oxygen atoms in total. The predicted molar refractivity (Wildman–Crippen MR) is 87.0 cm³/mol. The second kappa shape index (κ2) is 9.18. The van der Waals surface area contributed by atoms with Crippen LogP contribution in [0.1, 0.15) is 88.8 Å². The highest BCUT2D eigenvalue weighted by molar-refractivity contribution is 5.38. The second-order valence-corrected chi connectivity index (χ2v) is 5.76. The predicted octanol–water partition coefficient (Wildman–Crippen LogP) is 6.28. The maximum atomic E-state index is 2.40. The summed E-state index contributed by atoms with van der Waals surface area (Å²) < 4.78 is 0. The first-order valence-electron chi connectivity index (χ1n) is 8.38. The minimum atomic E-state index is 0.786. The Morgan fingerprint density at radius 3 is 1.95 bits per heavy atom. The summed E-state index contributed by atoms with van der Waals surface area (Å²) in [6.45, 7) is 9.23. The first-order valence-corrected chi connectivity index (χ1v) is 8.38. The number of hydrogen-bond acceptors (Lipinski definition) is 0. The van der Waals surface area contributed by atoms with E-state index in [1.807, 2.05) is 0 Å². The molecule has 0 N–H and O–H groups in total. The topological polar surface area (TPSA) is 0 Å². The molecular formula is C19H32. The van der Waals surface area contributed by atoms with Crippen molar-refractivity contribution >= 4 is 0 Å². The monoisotopic (exact) mass is 260 g/mol. The fourth-order valence-corrected chi connectivity index (χ4v) is 3.25. The van der Waals surface area contributed by atoms with E-state index in [1.54, 1.807) is 16.7 Å². The van der Waals surface area contributed by atoms with Crippen LogP contribution in [0.2, 0.25) is 0 Å². The van der Waals surface area contributed by atoms with E-state index < -0.39 is 0 Å². The van der Waals surface area contributed by atoms with Crippen molar-refractivity contribution in [2.75, 3.05) is 0 Å². The van der Waals surface area contributed by atoms with Crippen LogP contribution >= 0.6 is 0 Å². The lowest BCUT2D eigenvalue weighted by molar-refractivity contribution is 0.555. The molecule has 0 amide bonds. The fourth-order valence-electron chi connectivity index (χ4n) is 3.25. The molecule has 0 aliphatic rings. The Morgan fingerprint density at radius 1 is 0.789 bits per heavy atom. The molecule has 0 spiro atoms. The van der Waals surface area contributed by atoms with Crippen LogP contribution in [0.15, 0.2) is 18.2 Å². The van der Waals surface area contributed by atoms with Gasteiger partial charge in [0, 0.05) is 0 Å². The lowest BCUT2D eigenvalue weighted by atomic mass is 9.83. The standard InChI is InChI=1S/C19H32/c1-5-10-16(11-6-2)19-15-9-14-17(12-7-3)18(19)13-8-4/h9,14-16H,5-8,10-13H2,1-4H3. The van der Waals surface area contributed by atoms with Crippen LogP contribution in [0.4, 0.5) is 0 Å². The summed E-state index contributed by atoms with van der Waals surface area (Å²) in [5.41, 5.74) is 4.95. The molecule has 0 aliphatic carbocycles. The van der Waals surface area contributed by atoms with E-state index in [9.17, 15) is 0 Å². The van der Waals surface area contributed by atoms with Crippen molar-refractivity contribution in [2.24, 2.45) is 0 Å². The van der Waals surface area contributed by atoms with Crippen molar-refractivity contribution in [1.82, 2.24) is 0 Å². The fraction of sp³-hybridized carbons (Fsp3) is 0.684. The first kappa shape index (κ1) is 16.3. The van der Waals surface area contributed by atoms with Gasteiger partial charge in [-0.25, -0.2) is 0 Å². The highest BCUT2D eigenvalue weighted by atomic mass is 14.2. The van der Waals surface area contributed by atoms with Crippen LogP contribution in [-0.4, -0.2) is 0 Å². The summed E-state index contributed by atoms with van der Waals surface area (Å²) in [6, 6.07) is 7.05. The van der Waals surface area contributed by atoms with Gasteiger partial charge in [-0.05, 0) is 48.3 Å². The van der Waals surface area contributed by atoms with E-state index in [-0.39, 0.29) is 0 Å². The molecule has 1 rings (SSSR count). The van der Waals surface area contributed by atoms with E-state index in [2.05, 4.69) is 45.9 Å². The van der Waals surface area contributed by atoms with Gasteiger partial charge in [0.2, 0.25) is 0 Å². The molecule has 0 saturated heterocycles. The zero-order valence-electron chi connectivity index (χ0n) is 13.5. The minimum Gasteiger partial charge on any atom is -0.0654 e. The van der Waals surface area contributed by atoms with Crippen LogP contribution in [0.25, 0.3) is 0 Å². The van der Waals surface area contributed by atoms with Gasteiger partial charge in [0.05, 0.1) is 0 Å². The molecular weight excluding hydrogens is 228 g/mol. The Hall–Kier alpha value is -0.780. The average molecular weight is 260 g/mol. The van der Waals surface area contributed by atoms with Gasteiger partial charge in [-0.3, -0.25) is 0 Å². The molecule has 0 heterocycles. The van der Waals surface area contributed by atoms with E-state index in [4.69, 9.17) is 0 Å². The summed E-state index contributed by atoms with van der Waals surface area (Å²) in [6.07, 6.45) is 10.3. The van der Waals surface area contributed by atoms with Gasteiger partial charge >= 0.3 is 0 Å². The van der Waals surface area contributed by atoms with Gasteiger partial charge in [-0.15, -0.1) is 0 Å². The van der Waals surface area contributed by atoms with Crippen LogP contribution in [0.3, 0.4) is 0 Å². The molecule has 108 valence electrons. The number of benzene rings is 1. The van der Waals surface area contributed by atoms with Gasteiger partial charge in [-0.2, -0.15) is 0 Å². The minimum absolute atomic E-state index is 0.786.